The van der Waals surface area contributed by atoms with Crippen LogP contribution in [0.3, 0.4) is 0 Å². The van der Waals surface area contributed by atoms with Gasteiger partial charge in [0.05, 0.1) is 18.1 Å². The number of anilines is 3. The van der Waals surface area contributed by atoms with E-state index < -0.39 is 4.92 Å². The maximum Gasteiger partial charge on any atom is 0.353 e. The van der Waals surface area contributed by atoms with Crippen molar-refractivity contribution >= 4 is 23.1 Å². The molecule has 26 heavy (non-hydrogen) atoms. The third kappa shape index (κ3) is 4.64. The van der Waals surface area contributed by atoms with Gasteiger partial charge in [-0.15, -0.1) is 0 Å². The van der Waals surface area contributed by atoms with Gasteiger partial charge in [-0.05, 0) is 19.9 Å². The smallest absolute Gasteiger partial charge is 0.353 e. The number of nitrogens with zero attached hydrogens (tertiary/aromatic N) is 5. The van der Waals surface area contributed by atoms with Crippen LogP contribution >= 0.6 is 0 Å². The fourth-order valence-electron chi connectivity index (χ4n) is 2.65. The van der Waals surface area contributed by atoms with Gasteiger partial charge in [-0.25, -0.2) is 9.97 Å². The molecule has 0 aliphatic carbocycles. The highest BCUT2D eigenvalue weighted by Gasteiger charge is 2.23. The highest BCUT2D eigenvalue weighted by Crippen LogP contribution is 2.30. The van der Waals surface area contributed by atoms with E-state index in [4.69, 9.17) is 9.26 Å². The van der Waals surface area contributed by atoms with Gasteiger partial charge in [-0.3, -0.25) is 15.0 Å². The normalized spacial score (nSPS) is 15.0. The van der Waals surface area contributed by atoms with Gasteiger partial charge >= 0.3 is 5.69 Å². The summed E-state index contributed by atoms with van der Waals surface area (Å²) in [5.41, 5.74) is -0.223. The molecule has 3 rings (SSSR count). The number of ether oxygens (including phenoxy) is 1. The van der Waals surface area contributed by atoms with Gasteiger partial charge in [-0.2, -0.15) is 0 Å². The molecule has 3 heterocycles. The molecule has 1 aliphatic heterocycles. The number of aryl methyl sites for hydroxylation is 1. The van der Waals surface area contributed by atoms with Crippen LogP contribution in [0.2, 0.25) is 0 Å². The van der Waals surface area contributed by atoms with E-state index >= 15 is 0 Å². The molecule has 1 aliphatic rings. The van der Waals surface area contributed by atoms with Gasteiger partial charge in [0.15, 0.2) is 5.82 Å². The van der Waals surface area contributed by atoms with Crippen LogP contribution in [0.4, 0.5) is 23.1 Å². The van der Waals surface area contributed by atoms with Crippen molar-refractivity contribution in [3.8, 4) is 0 Å². The van der Waals surface area contributed by atoms with Gasteiger partial charge < -0.3 is 19.9 Å². The Morgan fingerprint density at radius 3 is 2.77 bits per heavy atom. The van der Waals surface area contributed by atoms with Gasteiger partial charge in [-0.1, -0.05) is 5.16 Å². The molecule has 0 unspecified atom stereocenters. The summed E-state index contributed by atoms with van der Waals surface area (Å²) >= 11 is 0. The van der Waals surface area contributed by atoms with Crippen LogP contribution in [0.1, 0.15) is 12.2 Å². The SMILES string of the molecule is Cc1cc(Nc2ncnc(NCCCN3CCOCC3)c2[N+](=O)[O-])no1. The van der Waals surface area contributed by atoms with E-state index in [0.717, 1.165) is 39.3 Å². The van der Waals surface area contributed by atoms with Crippen molar-refractivity contribution < 1.29 is 14.2 Å². The van der Waals surface area contributed by atoms with Crippen molar-refractivity contribution in [2.24, 2.45) is 0 Å². The Balaban J connectivity index is 1.62. The summed E-state index contributed by atoms with van der Waals surface area (Å²) in [7, 11) is 0. The Kier molecular flexibility index (Phi) is 5.92. The Labute approximate surface area is 149 Å². The molecule has 0 saturated carbocycles. The zero-order valence-corrected chi connectivity index (χ0v) is 14.5. The molecular formula is C15H21N7O4. The number of aromatic nitrogens is 3. The summed E-state index contributed by atoms with van der Waals surface area (Å²) in [5, 5.41) is 21.1. The number of hydrogen-bond donors (Lipinski definition) is 2. The van der Waals surface area contributed by atoms with Crippen molar-refractivity contribution in [3.05, 3.63) is 28.3 Å². The van der Waals surface area contributed by atoms with Gasteiger partial charge in [0.25, 0.3) is 0 Å². The lowest BCUT2D eigenvalue weighted by molar-refractivity contribution is -0.383. The first-order valence-electron chi connectivity index (χ1n) is 8.37. The van der Waals surface area contributed by atoms with Crippen molar-refractivity contribution in [1.82, 2.24) is 20.0 Å². The minimum Gasteiger partial charge on any atom is -0.379 e. The first kappa shape index (κ1) is 18.0. The molecule has 0 bridgehead atoms. The number of nitro groups is 1. The lowest BCUT2D eigenvalue weighted by Crippen LogP contribution is -2.37. The summed E-state index contributed by atoms with van der Waals surface area (Å²) < 4.78 is 10.3. The van der Waals surface area contributed by atoms with Crippen LogP contribution < -0.4 is 10.6 Å². The standard InChI is InChI=1S/C15H21N7O4/c1-11-9-12(20-26-11)19-15-13(22(23)24)14(17-10-18-15)16-3-2-4-21-5-7-25-8-6-21/h9-10H,2-8H2,1H3,(H2,16,17,18,19,20). The first-order valence-corrected chi connectivity index (χ1v) is 8.37. The van der Waals surface area contributed by atoms with Crippen LogP contribution in [0.5, 0.6) is 0 Å². The second-order valence-electron chi connectivity index (χ2n) is 5.86. The quantitative estimate of drug-likeness (QED) is 0.404. The number of rotatable bonds is 8. The molecule has 0 atom stereocenters. The van der Waals surface area contributed by atoms with Crippen molar-refractivity contribution in [2.75, 3.05) is 50.0 Å². The Bertz CT molecular complexity index is 745. The number of hydrogen-bond acceptors (Lipinski definition) is 10. The molecular weight excluding hydrogens is 342 g/mol. The number of morpholine rings is 1. The highest BCUT2D eigenvalue weighted by molar-refractivity contribution is 5.72. The molecule has 11 nitrogen and oxygen atoms in total. The molecule has 0 radical (unpaired) electrons. The monoisotopic (exact) mass is 363 g/mol. The summed E-state index contributed by atoms with van der Waals surface area (Å²) in [6.07, 6.45) is 2.11. The lowest BCUT2D eigenvalue weighted by atomic mass is 10.3. The summed E-state index contributed by atoms with van der Waals surface area (Å²) in [5.74, 6) is 1.18. The van der Waals surface area contributed by atoms with Gasteiger partial charge in [0.2, 0.25) is 11.6 Å². The maximum atomic E-state index is 11.5. The first-order chi connectivity index (χ1) is 12.6. The number of nitrogens with one attached hydrogen (secondary N) is 2. The predicted molar refractivity (Wildman–Crippen MR) is 93.6 cm³/mol. The fraction of sp³-hybridized carbons (Fsp3) is 0.533. The van der Waals surface area contributed by atoms with Crippen molar-refractivity contribution in [1.29, 1.82) is 0 Å². The molecule has 0 amide bonds. The van der Waals surface area contributed by atoms with Crippen molar-refractivity contribution in [2.45, 2.75) is 13.3 Å². The van der Waals surface area contributed by atoms with Gasteiger partial charge in [0, 0.05) is 25.7 Å². The Morgan fingerprint density at radius 1 is 1.31 bits per heavy atom. The molecule has 140 valence electrons. The van der Waals surface area contributed by atoms with Crippen LogP contribution in [0.15, 0.2) is 16.9 Å². The van der Waals surface area contributed by atoms with E-state index in [0.29, 0.717) is 18.1 Å². The summed E-state index contributed by atoms with van der Waals surface area (Å²) in [6.45, 7) is 6.53. The minimum absolute atomic E-state index is 0.0639. The lowest BCUT2D eigenvalue weighted by Gasteiger charge is -2.26. The third-order valence-electron chi connectivity index (χ3n) is 3.93. The van der Waals surface area contributed by atoms with Crippen LogP contribution in [-0.2, 0) is 4.74 Å². The zero-order chi connectivity index (χ0) is 18.4. The van der Waals surface area contributed by atoms with E-state index in [1.54, 1.807) is 13.0 Å². The van der Waals surface area contributed by atoms with E-state index in [-0.39, 0.29) is 17.3 Å². The van der Waals surface area contributed by atoms with E-state index in [9.17, 15) is 10.1 Å². The molecule has 1 fully saturated rings. The summed E-state index contributed by atoms with van der Waals surface area (Å²) in [4.78, 5) is 21.3. The van der Waals surface area contributed by atoms with Crippen LogP contribution in [-0.4, -0.2) is 64.3 Å². The highest BCUT2D eigenvalue weighted by atomic mass is 16.6. The zero-order valence-electron chi connectivity index (χ0n) is 14.5. The van der Waals surface area contributed by atoms with Crippen LogP contribution in [0, 0.1) is 17.0 Å². The van der Waals surface area contributed by atoms with E-state index in [1.165, 1.54) is 6.33 Å². The Hall–Kier alpha value is -2.79. The average molecular weight is 363 g/mol. The topological polar surface area (TPSA) is 131 Å². The molecule has 2 aromatic rings. The van der Waals surface area contributed by atoms with E-state index in [1.807, 2.05) is 0 Å². The fourth-order valence-corrected chi connectivity index (χ4v) is 2.65. The van der Waals surface area contributed by atoms with Crippen LogP contribution in [0.25, 0.3) is 0 Å². The second kappa shape index (κ2) is 8.54. The molecule has 2 N–H and O–H groups in total. The molecule has 1 saturated heterocycles. The average Bonchev–Trinajstić information content (AvgIpc) is 3.04. The Morgan fingerprint density at radius 2 is 2.08 bits per heavy atom. The largest absolute Gasteiger partial charge is 0.379 e. The molecule has 0 aromatic carbocycles. The third-order valence-corrected chi connectivity index (χ3v) is 3.93. The predicted octanol–water partition coefficient (Wildman–Crippen LogP) is 1.56. The molecule has 2 aromatic heterocycles. The van der Waals surface area contributed by atoms with Gasteiger partial charge in [0.1, 0.15) is 12.1 Å². The minimum atomic E-state index is -0.514. The second-order valence-corrected chi connectivity index (χ2v) is 5.86. The summed E-state index contributed by atoms with van der Waals surface area (Å²) in [6, 6.07) is 1.63. The van der Waals surface area contributed by atoms with Crippen molar-refractivity contribution in [3.63, 3.8) is 0 Å². The molecule has 11 heteroatoms. The maximum absolute atomic E-state index is 11.5. The molecule has 0 spiro atoms. The van der Waals surface area contributed by atoms with E-state index in [2.05, 4.69) is 30.7 Å².